The smallest absolute Gasteiger partial charge is 0.337 e. The van der Waals surface area contributed by atoms with Crippen molar-refractivity contribution in [3.63, 3.8) is 0 Å². The first kappa shape index (κ1) is 12.5. The Morgan fingerprint density at radius 2 is 2.22 bits per heavy atom. The van der Waals surface area contributed by atoms with Crippen LogP contribution in [-0.2, 0) is 6.42 Å². The molecule has 2 aromatic rings. The van der Waals surface area contributed by atoms with Crippen LogP contribution in [0.5, 0.6) is 0 Å². The van der Waals surface area contributed by atoms with E-state index >= 15 is 0 Å². The van der Waals surface area contributed by atoms with Gasteiger partial charge >= 0.3 is 5.97 Å². The average Bonchev–Trinajstić information content (AvgIpc) is 2.76. The number of aromatic amines is 1. The number of pyridine rings is 1. The van der Waals surface area contributed by atoms with Gasteiger partial charge in [-0.25, -0.2) is 14.8 Å². The highest BCUT2D eigenvalue weighted by molar-refractivity contribution is 5.90. The predicted molar refractivity (Wildman–Crippen MR) is 68.7 cm³/mol. The third-order valence-corrected chi connectivity index (χ3v) is 2.90. The number of carboxylic acid groups (broad SMARTS) is 1. The number of rotatable bonds is 6. The quantitative estimate of drug-likeness (QED) is 0.769. The van der Waals surface area contributed by atoms with E-state index < -0.39 is 5.97 Å². The monoisotopic (exact) mass is 247 g/mol. The van der Waals surface area contributed by atoms with Crippen molar-refractivity contribution in [2.45, 2.75) is 39.0 Å². The molecule has 0 atom stereocenters. The first-order valence-corrected chi connectivity index (χ1v) is 6.28. The van der Waals surface area contributed by atoms with E-state index in [9.17, 15) is 4.79 Å². The third-order valence-electron chi connectivity index (χ3n) is 2.90. The number of aromatic carboxylic acids is 1. The Bertz CT molecular complexity index is 548. The molecular weight excluding hydrogens is 230 g/mol. The Morgan fingerprint density at radius 3 is 2.94 bits per heavy atom. The van der Waals surface area contributed by atoms with Gasteiger partial charge in [0.05, 0.1) is 11.1 Å². The van der Waals surface area contributed by atoms with Crippen molar-refractivity contribution in [1.29, 1.82) is 0 Å². The van der Waals surface area contributed by atoms with Gasteiger partial charge in [0.25, 0.3) is 0 Å². The summed E-state index contributed by atoms with van der Waals surface area (Å²) in [7, 11) is 0. The van der Waals surface area contributed by atoms with E-state index in [4.69, 9.17) is 5.11 Å². The average molecular weight is 247 g/mol. The van der Waals surface area contributed by atoms with Crippen LogP contribution >= 0.6 is 0 Å². The molecule has 0 aliphatic heterocycles. The molecule has 2 heterocycles. The van der Waals surface area contributed by atoms with Crippen molar-refractivity contribution >= 4 is 17.1 Å². The van der Waals surface area contributed by atoms with Crippen molar-refractivity contribution in [3.8, 4) is 0 Å². The molecule has 0 aliphatic carbocycles. The molecule has 0 radical (unpaired) electrons. The van der Waals surface area contributed by atoms with Crippen LogP contribution in [0, 0.1) is 0 Å². The van der Waals surface area contributed by atoms with Gasteiger partial charge in [0.15, 0.2) is 5.65 Å². The third kappa shape index (κ3) is 2.85. The lowest BCUT2D eigenvalue weighted by molar-refractivity contribution is 0.0696. The van der Waals surface area contributed by atoms with Crippen LogP contribution in [0.1, 0.15) is 48.8 Å². The lowest BCUT2D eigenvalue weighted by Gasteiger charge is -1.95. The van der Waals surface area contributed by atoms with Gasteiger partial charge in [-0.1, -0.05) is 26.2 Å². The van der Waals surface area contributed by atoms with E-state index in [0.717, 1.165) is 18.7 Å². The largest absolute Gasteiger partial charge is 0.478 e. The van der Waals surface area contributed by atoms with Gasteiger partial charge in [-0.3, -0.25) is 0 Å². The molecule has 2 aromatic heterocycles. The molecule has 0 aliphatic rings. The Hall–Kier alpha value is -1.91. The summed E-state index contributed by atoms with van der Waals surface area (Å²) < 4.78 is 0. The van der Waals surface area contributed by atoms with E-state index in [0.29, 0.717) is 11.2 Å². The number of carboxylic acids is 1. The van der Waals surface area contributed by atoms with Crippen LogP contribution in [0.2, 0.25) is 0 Å². The Kier molecular flexibility index (Phi) is 3.92. The van der Waals surface area contributed by atoms with Crippen LogP contribution in [0.4, 0.5) is 0 Å². The number of nitrogens with zero attached hydrogens (tertiary/aromatic N) is 2. The molecule has 2 rings (SSSR count). The molecule has 0 bridgehead atoms. The molecule has 96 valence electrons. The second kappa shape index (κ2) is 5.62. The fourth-order valence-electron chi connectivity index (χ4n) is 1.90. The van der Waals surface area contributed by atoms with E-state index in [2.05, 4.69) is 21.9 Å². The van der Waals surface area contributed by atoms with Gasteiger partial charge in [0.1, 0.15) is 5.82 Å². The Balaban J connectivity index is 2.09. The number of aryl methyl sites for hydroxylation is 1. The zero-order valence-corrected chi connectivity index (χ0v) is 10.4. The molecule has 5 nitrogen and oxygen atoms in total. The molecule has 18 heavy (non-hydrogen) atoms. The molecule has 0 spiro atoms. The van der Waals surface area contributed by atoms with E-state index in [1.165, 1.54) is 25.5 Å². The summed E-state index contributed by atoms with van der Waals surface area (Å²) in [6, 6.07) is 1.58. The molecule has 5 heteroatoms. The van der Waals surface area contributed by atoms with Crippen LogP contribution in [0.15, 0.2) is 12.3 Å². The summed E-state index contributed by atoms with van der Waals surface area (Å²) in [6.07, 6.45) is 6.97. The molecule has 0 amide bonds. The second-order valence-corrected chi connectivity index (χ2v) is 4.39. The van der Waals surface area contributed by atoms with Gasteiger partial charge < -0.3 is 10.1 Å². The number of unbranched alkanes of at least 4 members (excludes halogenated alkanes) is 3. The summed E-state index contributed by atoms with van der Waals surface area (Å²) in [5.74, 6) is -0.0837. The zero-order chi connectivity index (χ0) is 13.0. The minimum Gasteiger partial charge on any atom is -0.478 e. The molecule has 0 unspecified atom stereocenters. The van der Waals surface area contributed by atoms with Crippen molar-refractivity contribution in [2.24, 2.45) is 0 Å². The highest BCUT2D eigenvalue weighted by Crippen LogP contribution is 2.13. The van der Waals surface area contributed by atoms with Crippen LogP contribution < -0.4 is 0 Å². The Labute approximate surface area is 105 Å². The van der Waals surface area contributed by atoms with Crippen LogP contribution in [-0.4, -0.2) is 26.0 Å². The number of fused-ring (bicyclic) bond motifs is 1. The minimum atomic E-state index is -0.969. The van der Waals surface area contributed by atoms with Gasteiger partial charge in [0, 0.05) is 12.6 Å². The molecule has 0 saturated carbocycles. The lowest BCUT2D eigenvalue weighted by Crippen LogP contribution is -1.96. The maximum absolute atomic E-state index is 10.8. The van der Waals surface area contributed by atoms with Gasteiger partial charge in [0.2, 0.25) is 0 Å². The minimum absolute atomic E-state index is 0.184. The first-order valence-electron chi connectivity index (χ1n) is 6.28. The topological polar surface area (TPSA) is 78.9 Å². The first-order chi connectivity index (χ1) is 8.70. The standard InChI is InChI=1S/C13H17N3O2/c1-2-3-4-5-6-11-15-10-7-9(13(17)18)8-14-12(10)16-11/h7-8H,2-6H2,1H3,(H,17,18)(H,14,15,16). The summed E-state index contributed by atoms with van der Waals surface area (Å²) in [6.45, 7) is 2.18. The van der Waals surface area contributed by atoms with E-state index in [1.54, 1.807) is 6.07 Å². The fourth-order valence-corrected chi connectivity index (χ4v) is 1.90. The molecule has 0 aromatic carbocycles. The number of hydrogen-bond donors (Lipinski definition) is 2. The highest BCUT2D eigenvalue weighted by atomic mass is 16.4. The number of aromatic nitrogens is 3. The van der Waals surface area contributed by atoms with Crippen molar-refractivity contribution in [3.05, 3.63) is 23.7 Å². The van der Waals surface area contributed by atoms with Gasteiger partial charge in [-0.15, -0.1) is 0 Å². The maximum atomic E-state index is 10.8. The fraction of sp³-hybridized carbons (Fsp3) is 0.462. The highest BCUT2D eigenvalue weighted by Gasteiger charge is 2.08. The number of carbonyl (C=O) groups is 1. The van der Waals surface area contributed by atoms with Crippen molar-refractivity contribution < 1.29 is 9.90 Å². The van der Waals surface area contributed by atoms with Crippen LogP contribution in [0.25, 0.3) is 11.2 Å². The maximum Gasteiger partial charge on any atom is 0.337 e. The number of hydrogen-bond acceptors (Lipinski definition) is 3. The van der Waals surface area contributed by atoms with E-state index in [-0.39, 0.29) is 5.56 Å². The van der Waals surface area contributed by atoms with Crippen molar-refractivity contribution in [1.82, 2.24) is 15.0 Å². The molecule has 0 saturated heterocycles. The summed E-state index contributed by atoms with van der Waals surface area (Å²) >= 11 is 0. The number of imidazole rings is 1. The summed E-state index contributed by atoms with van der Waals surface area (Å²) in [5.41, 5.74) is 1.47. The SMILES string of the molecule is CCCCCCc1nc2ncc(C(=O)O)cc2[nH]1. The predicted octanol–water partition coefficient (Wildman–Crippen LogP) is 2.78. The van der Waals surface area contributed by atoms with Crippen molar-refractivity contribution in [2.75, 3.05) is 0 Å². The van der Waals surface area contributed by atoms with Gasteiger partial charge in [-0.05, 0) is 12.5 Å². The summed E-state index contributed by atoms with van der Waals surface area (Å²) in [4.78, 5) is 22.3. The number of nitrogens with one attached hydrogen (secondary N) is 1. The Morgan fingerprint density at radius 1 is 1.39 bits per heavy atom. The molecule has 0 fully saturated rings. The summed E-state index contributed by atoms with van der Waals surface area (Å²) in [5, 5.41) is 8.88. The normalized spacial score (nSPS) is 10.9. The second-order valence-electron chi connectivity index (χ2n) is 4.39. The van der Waals surface area contributed by atoms with Crippen LogP contribution in [0.3, 0.4) is 0 Å². The zero-order valence-electron chi connectivity index (χ0n) is 10.4. The lowest BCUT2D eigenvalue weighted by atomic mass is 10.1. The molecular formula is C13H17N3O2. The number of H-pyrrole nitrogens is 1. The van der Waals surface area contributed by atoms with E-state index in [1.807, 2.05) is 0 Å². The molecule has 2 N–H and O–H groups in total. The van der Waals surface area contributed by atoms with Gasteiger partial charge in [-0.2, -0.15) is 0 Å².